The second-order valence-corrected chi connectivity index (χ2v) is 8.26. The van der Waals surface area contributed by atoms with E-state index < -0.39 is 0 Å². The molecule has 1 aliphatic heterocycles. The van der Waals surface area contributed by atoms with Gasteiger partial charge in [-0.1, -0.05) is 20.8 Å². The van der Waals surface area contributed by atoms with Crippen LogP contribution in [-0.2, 0) is 12.0 Å². The van der Waals surface area contributed by atoms with Gasteiger partial charge in [0.1, 0.15) is 5.69 Å². The molecule has 0 N–H and O–H groups in total. The first-order valence-corrected chi connectivity index (χ1v) is 9.54. The van der Waals surface area contributed by atoms with Gasteiger partial charge < -0.3 is 4.90 Å². The molecule has 1 saturated heterocycles. The highest BCUT2D eigenvalue weighted by atomic mass is 32.1. The average Bonchev–Trinajstić information content (AvgIpc) is 2.94. The van der Waals surface area contributed by atoms with Crippen LogP contribution in [0.1, 0.15) is 48.4 Å². The topological polar surface area (TPSA) is 62.2 Å². The van der Waals surface area contributed by atoms with Gasteiger partial charge >= 0.3 is 0 Å². The van der Waals surface area contributed by atoms with Crippen LogP contribution in [0.5, 0.6) is 0 Å². The van der Waals surface area contributed by atoms with E-state index in [1.165, 1.54) is 11.2 Å². The quantitative estimate of drug-likeness (QED) is 0.843. The van der Waals surface area contributed by atoms with Gasteiger partial charge in [0.2, 0.25) is 0 Å². The molecule has 0 spiro atoms. The molecule has 0 radical (unpaired) electrons. The van der Waals surface area contributed by atoms with Gasteiger partial charge in [-0.3, -0.25) is 14.7 Å². The lowest BCUT2D eigenvalue weighted by Crippen LogP contribution is -2.35. The molecule has 0 aromatic carbocycles. The largest absolute Gasteiger partial charge is 0.336 e. The van der Waals surface area contributed by atoms with E-state index in [0.717, 1.165) is 38.3 Å². The number of amides is 1. The SMILES string of the molecule is CC(C)(C)c1nc(CN2CCCN(C(=O)c3cnccn3)CC2)cs1. The van der Waals surface area contributed by atoms with Gasteiger partial charge in [0.05, 0.1) is 16.9 Å². The lowest BCUT2D eigenvalue weighted by Gasteiger charge is -2.21. The smallest absolute Gasteiger partial charge is 0.274 e. The fourth-order valence-corrected chi connectivity index (χ4v) is 3.76. The molecule has 0 saturated carbocycles. The van der Waals surface area contributed by atoms with E-state index >= 15 is 0 Å². The third-order valence-corrected chi connectivity index (χ3v) is 5.55. The lowest BCUT2D eigenvalue weighted by atomic mass is 9.98. The monoisotopic (exact) mass is 359 g/mol. The molecular weight excluding hydrogens is 334 g/mol. The maximum absolute atomic E-state index is 12.5. The molecule has 3 rings (SSSR count). The Kier molecular flexibility index (Phi) is 5.44. The first-order chi connectivity index (χ1) is 11.9. The summed E-state index contributed by atoms with van der Waals surface area (Å²) in [5.41, 5.74) is 1.65. The Labute approximate surface area is 152 Å². The zero-order valence-corrected chi connectivity index (χ0v) is 15.9. The summed E-state index contributed by atoms with van der Waals surface area (Å²) >= 11 is 1.74. The fourth-order valence-electron chi connectivity index (χ4n) is 2.86. The van der Waals surface area contributed by atoms with Crippen molar-refractivity contribution in [1.29, 1.82) is 0 Å². The number of nitrogens with zero attached hydrogens (tertiary/aromatic N) is 5. The van der Waals surface area contributed by atoms with Crippen molar-refractivity contribution < 1.29 is 4.79 Å². The van der Waals surface area contributed by atoms with Crippen LogP contribution in [0.2, 0.25) is 0 Å². The first-order valence-electron chi connectivity index (χ1n) is 8.66. The molecule has 25 heavy (non-hydrogen) atoms. The molecule has 1 aliphatic rings. The van der Waals surface area contributed by atoms with E-state index in [0.29, 0.717) is 12.2 Å². The van der Waals surface area contributed by atoms with Gasteiger partial charge in [-0.15, -0.1) is 11.3 Å². The summed E-state index contributed by atoms with van der Waals surface area (Å²) in [7, 11) is 0. The molecule has 7 heteroatoms. The lowest BCUT2D eigenvalue weighted by molar-refractivity contribution is 0.0754. The van der Waals surface area contributed by atoms with Gasteiger partial charge in [0.25, 0.3) is 5.91 Å². The van der Waals surface area contributed by atoms with Crippen LogP contribution in [0.3, 0.4) is 0 Å². The molecule has 6 nitrogen and oxygen atoms in total. The zero-order chi connectivity index (χ0) is 17.9. The van der Waals surface area contributed by atoms with Crippen LogP contribution < -0.4 is 0 Å². The van der Waals surface area contributed by atoms with E-state index in [2.05, 4.69) is 41.0 Å². The van der Waals surface area contributed by atoms with Crippen molar-refractivity contribution in [3.63, 3.8) is 0 Å². The fraction of sp³-hybridized carbons (Fsp3) is 0.556. The van der Waals surface area contributed by atoms with Crippen molar-refractivity contribution in [2.24, 2.45) is 0 Å². The first kappa shape index (κ1) is 17.9. The third-order valence-electron chi connectivity index (χ3n) is 4.24. The number of hydrogen-bond donors (Lipinski definition) is 0. The molecule has 0 unspecified atom stereocenters. The highest BCUT2D eigenvalue weighted by Crippen LogP contribution is 2.26. The molecule has 2 aromatic heterocycles. The normalized spacial score (nSPS) is 16.7. The minimum Gasteiger partial charge on any atom is -0.336 e. The molecule has 134 valence electrons. The molecule has 2 aromatic rings. The van der Waals surface area contributed by atoms with Gasteiger partial charge in [0, 0.05) is 55.9 Å². The summed E-state index contributed by atoms with van der Waals surface area (Å²) in [5.74, 6) is -0.0290. The second kappa shape index (κ2) is 7.58. The average molecular weight is 359 g/mol. The Morgan fingerprint density at radius 2 is 2.04 bits per heavy atom. The Morgan fingerprint density at radius 1 is 1.20 bits per heavy atom. The van der Waals surface area contributed by atoms with Gasteiger partial charge in [-0.2, -0.15) is 0 Å². The summed E-state index contributed by atoms with van der Waals surface area (Å²) in [6.07, 6.45) is 5.64. The van der Waals surface area contributed by atoms with Crippen molar-refractivity contribution in [2.75, 3.05) is 26.2 Å². The maximum atomic E-state index is 12.5. The Balaban J connectivity index is 1.58. The van der Waals surface area contributed by atoms with E-state index in [1.54, 1.807) is 23.7 Å². The van der Waals surface area contributed by atoms with Crippen LogP contribution in [0.4, 0.5) is 0 Å². The van der Waals surface area contributed by atoms with Gasteiger partial charge in [-0.25, -0.2) is 9.97 Å². The van der Waals surface area contributed by atoms with E-state index in [9.17, 15) is 4.79 Å². The molecule has 0 aliphatic carbocycles. The van der Waals surface area contributed by atoms with Crippen LogP contribution in [0.25, 0.3) is 0 Å². The summed E-state index contributed by atoms with van der Waals surface area (Å²) < 4.78 is 0. The van der Waals surface area contributed by atoms with Crippen LogP contribution >= 0.6 is 11.3 Å². The van der Waals surface area contributed by atoms with Crippen molar-refractivity contribution in [3.05, 3.63) is 40.4 Å². The number of rotatable bonds is 3. The third kappa shape index (κ3) is 4.61. The molecule has 0 atom stereocenters. The molecule has 0 bridgehead atoms. The standard InChI is InChI=1S/C18H25N5OS/c1-18(2,3)17-21-14(13-25-17)12-22-7-4-8-23(10-9-22)16(24)15-11-19-5-6-20-15/h5-6,11,13H,4,7-10,12H2,1-3H3. The van der Waals surface area contributed by atoms with Crippen molar-refractivity contribution in [1.82, 2.24) is 24.8 Å². The van der Waals surface area contributed by atoms with Crippen LogP contribution in [-0.4, -0.2) is 56.8 Å². The number of hydrogen-bond acceptors (Lipinski definition) is 6. The van der Waals surface area contributed by atoms with Crippen molar-refractivity contribution >= 4 is 17.2 Å². The van der Waals surface area contributed by atoms with E-state index in [4.69, 9.17) is 4.98 Å². The molecular formula is C18H25N5OS. The molecule has 3 heterocycles. The Bertz CT molecular complexity index is 710. The second-order valence-electron chi connectivity index (χ2n) is 7.41. The molecule has 1 amide bonds. The summed E-state index contributed by atoms with van der Waals surface area (Å²) in [4.78, 5) is 29.7. The highest BCUT2D eigenvalue weighted by molar-refractivity contribution is 7.09. The highest BCUT2D eigenvalue weighted by Gasteiger charge is 2.23. The minimum absolute atomic E-state index is 0.0290. The number of aromatic nitrogens is 3. The number of carbonyl (C=O) groups excluding carboxylic acids is 1. The van der Waals surface area contributed by atoms with Crippen LogP contribution in [0, 0.1) is 0 Å². The van der Waals surface area contributed by atoms with Gasteiger partial charge in [-0.05, 0) is 6.42 Å². The number of thiazole rings is 1. The van der Waals surface area contributed by atoms with Crippen LogP contribution in [0.15, 0.2) is 24.0 Å². The Morgan fingerprint density at radius 3 is 2.72 bits per heavy atom. The van der Waals surface area contributed by atoms with Crippen molar-refractivity contribution in [3.8, 4) is 0 Å². The zero-order valence-electron chi connectivity index (χ0n) is 15.1. The van der Waals surface area contributed by atoms with E-state index in [-0.39, 0.29) is 11.3 Å². The summed E-state index contributed by atoms with van der Waals surface area (Å²) in [6.45, 7) is 10.7. The predicted molar refractivity (Wildman–Crippen MR) is 98.6 cm³/mol. The maximum Gasteiger partial charge on any atom is 0.274 e. The van der Waals surface area contributed by atoms with E-state index in [1.807, 2.05) is 4.90 Å². The van der Waals surface area contributed by atoms with Gasteiger partial charge in [0.15, 0.2) is 0 Å². The summed E-state index contributed by atoms with van der Waals surface area (Å²) in [6, 6.07) is 0. The molecule has 1 fully saturated rings. The minimum atomic E-state index is -0.0290. The van der Waals surface area contributed by atoms with Crippen molar-refractivity contribution in [2.45, 2.75) is 39.2 Å². The number of carbonyl (C=O) groups is 1. The summed E-state index contributed by atoms with van der Waals surface area (Å²) in [5, 5.41) is 3.34. The Hall–Kier alpha value is -1.86. The predicted octanol–water partition coefficient (Wildman–Crippen LogP) is 2.58.